The summed E-state index contributed by atoms with van der Waals surface area (Å²) >= 11 is 0. The molecule has 0 saturated carbocycles. The highest BCUT2D eigenvalue weighted by atomic mass is 19.1. The number of hydrogen-bond acceptors (Lipinski definition) is 3. The highest BCUT2D eigenvalue weighted by Gasteiger charge is 2.04. The van der Waals surface area contributed by atoms with Gasteiger partial charge in [-0.05, 0) is 54.8 Å². The molecule has 1 N–H and O–H groups in total. The molecule has 0 aromatic heterocycles. The van der Waals surface area contributed by atoms with Crippen LogP contribution in [0.2, 0.25) is 0 Å². The van der Waals surface area contributed by atoms with Crippen molar-refractivity contribution >= 4 is 12.0 Å². The predicted octanol–water partition coefficient (Wildman–Crippen LogP) is 3.61. The molecule has 5 heteroatoms. The third kappa shape index (κ3) is 5.95. The zero-order valence-corrected chi connectivity index (χ0v) is 14.4. The molecule has 0 heterocycles. The lowest BCUT2D eigenvalue weighted by Crippen LogP contribution is -2.23. The highest BCUT2D eigenvalue weighted by Crippen LogP contribution is 2.28. The molecule has 132 valence electrons. The number of hydrogen-bond donors (Lipinski definition) is 1. The number of amides is 1. The Morgan fingerprint density at radius 2 is 1.92 bits per heavy atom. The smallest absolute Gasteiger partial charge is 0.244 e. The van der Waals surface area contributed by atoms with Crippen molar-refractivity contribution in [2.75, 3.05) is 20.3 Å². The fourth-order valence-electron chi connectivity index (χ4n) is 2.27. The quantitative estimate of drug-likeness (QED) is 0.745. The van der Waals surface area contributed by atoms with Gasteiger partial charge in [-0.25, -0.2) is 4.39 Å². The minimum atomic E-state index is -0.262. The van der Waals surface area contributed by atoms with Crippen LogP contribution in [0.25, 0.3) is 6.08 Å². The summed E-state index contributed by atoms with van der Waals surface area (Å²) in [6.45, 7) is 2.95. The SMILES string of the molecule is CCOc1ccc(/C=C/C(=O)NCCc2ccc(F)cc2)cc1OC. The van der Waals surface area contributed by atoms with Crippen LogP contribution in [-0.4, -0.2) is 26.2 Å². The summed E-state index contributed by atoms with van der Waals surface area (Å²) in [5, 5.41) is 2.80. The number of benzene rings is 2. The van der Waals surface area contributed by atoms with Crippen LogP contribution < -0.4 is 14.8 Å². The van der Waals surface area contributed by atoms with E-state index in [1.165, 1.54) is 18.2 Å². The molecule has 0 atom stereocenters. The van der Waals surface area contributed by atoms with Crippen molar-refractivity contribution in [1.29, 1.82) is 0 Å². The Kier molecular flexibility index (Phi) is 7.01. The van der Waals surface area contributed by atoms with Crippen molar-refractivity contribution in [2.45, 2.75) is 13.3 Å². The average molecular weight is 343 g/mol. The van der Waals surface area contributed by atoms with Crippen molar-refractivity contribution in [1.82, 2.24) is 5.32 Å². The van der Waals surface area contributed by atoms with Gasteiger partial charge in [0.2, 0.25) is 5.91 Å². The molecule has 2 aromatic carbocycles. The number of methoxy groups -OCH3 is 1. The van der Waals surface area contributed by atoms with Gasteiger partial charge in [-0.15, -0.1) is 0 Å². The first-order valence-corrected chi connectivity index (χ1v) is 8.13. The van der Waals surface area contributed by atoms with Crippen LogP contribution in [0, 0.1) is 5.82 Å². The van der Waals surface area contributed by atoms with Crippen LogP contribution in [-0.2, 0) is 11.2 Å². The van der Waals surface area contributed by atoms with Gasteiger partial charge in [0.05, 0.1) is 13.7 Å². The second-order valence-corrected chi connectivity index (χ2v) is 5.34. The van der Waals surface area contributed by atoms with E-state index < -0.39 is 0 Å². The summed E-state index contributed by atoms with van der Waals surface area (Å²) in [6.07, 6.45) is 3.84. The largest absolute Gasteiger partial charge is 0.493 e. The summed E-state index contributed by atoms with van der Waals surface area (Å²) in [7, 11) is 1.58. The highest BCUT2D eigenvalue weighted by molar-refractivity contribution is 5.91. The standard InChI is InChI=1S/C20H22FNO3/c1-3-25-18-10-6-16(14-19(18)24-2)7-11-20(23)22-13-12-15-4-8-17(21)9-5-15/h4-11,14H,3,12-13H2,1-2H3,(H,22,23)/b11-7+. The summed E-state index contributed by atoms with van der Waals surface area (Å²) in [4.78, 5) is 11.9. The zero-order chi connectivity index (χ0) is 18.1. The molecule has 2 rings (SSSR count). The second kappa shape index (κ2) is 9.47. The van der Waals surface area contributed by atoms with Gasteiger partial charge < -0.3 is 14.8 Å². The summed E-state index contributed by atoms with van der Waals surface area (Å²) in [5.41, 5.74) is 1.82. The Balaban J connectivity index is 1.86. The van der Waals surface area contributed by atoms with Crippen molar-refractivity contribution in [2.24, 2.45) is 0 Å². The van der Waals surface area contributed by atoms with Crippen LogP contribution in [0.5, 0.6) is 11.5 Å². The summed E-state index contributed by atoms with van der Waals surface area (Å²) < 4.78 is 23.6. The van der Waals surface area contributed by atoms with Crippen molar-refractivity contribution in [3.8, 4) is 11.5 Å². The number of carbonyl (C=O) groups is 1. The maximum atomic E-state index is 12.8. The van der Waals surface area contributed by atoms with E-state index in [4.69, 9.17) is 9.47 Å². The fraction of sp³-hybridized carbons (Fsp3) is 0.250. The molecule has 0 aliphatic carbocycles. The molecule has 0 aliphatic rings. The lowest BCUT2D eigenvalue weighted by molar-refractivity contribution is -0.116. The van der Waals surface area contributed by atoms with E-state index >= 15 is 0 Å². The van der Waals surface area contributed by atoms with Gasteiger partial charge >= 0.3 is 0 Å². The zero-order valence-electron chi connectivity index (χ0n) is 14.4. The van der Waals surface area contributed by atoms with Gasteiger partial charge in [0, 0.05) is 12.6 Å². The summed E-state index contributed by atoms with van der Waals surface area (Å²) in [6, 6.07) is 11.7. The van der Waals surface area contributed by atoms with Gasteiger partial charge in [-0.3, -0.25) is 4.79 Å². The van der Waals surface area contributed by atoms with E-state index in [0.29, 0.717) is 31.1 Å². The third-order valence-corrected chi connectivity index (χ3v) is 3.54. The molecule has 0 bridgehead atoms. The topological polar surface area (TPSA) is 47.6 Å². The van der Waals surface area contributed by atoms with E-state index in [2.05, 4.69) is 5.32 Å². The fourth-order valence-corrected chi connectivity index (χ4v) is 2.27. The van der Waals surface area contributed by atoms with Gasteiger partial charge in [-0.2, -0.15) is 0 Å². The number of nitrogens with one attached hydrogen (secondary N) is 1. The van der Waals surface area contributed by atoms with Gasteiger partial charge in [0.25, 0.3) is 0 Å². The van der Waals surface area contributed by atoms with Gasteiger partial charge in [-0.1, -0.05) is 18.2 Å². The Morgan fingerprint density at radius 1 is 1.16 bits per heavy atom. The molecule has 1 amide bonds. The van der Waals surface area contributed by atoms with E-state index in [1.54, 1.807) is 25.3 Å². The Morgan fingerprint density at radius 3 is 2.60 bits per heavy atom. The molecular weight excluding hydrogens is 321 g/mol. The molecule has 25 heavy (non-hydrogen) atoms. The van der Waals surface area contributed by atoms with E-state index in [0.717, 1.165) is 11.1 Å². The molecule has 4 nitrogen and oxygen atoms in total. The predicted molar refractivity (Wildman–Crippen MR) is 96.3 cm³/mol. The molecular formula is C20H22FNO3. The van der Waals surface area contributed by atoms with E-state index in [1.807, 2.05) is 25.1 Å². The molecule has 0 saturated heterocycles. The van der Waals surface area contributed by atoms with Crippen molar-refractivity contribution in [3.63, 3.8) is 0 Å². The minimum absolute atomic E-state index is 0.185. The van der Waals surface area contributed by atoms with Crippen LogP contribution in [0.3, 0.4) is 0 Å². The third-order valence-electron chi connectivity index (χ3n) is 3.54. The molecule has 2 aromatic rings. The maximum Gasteiger partial charge on any atom is 0.244 e. The number of ether oxygens (including phenoxy) is 2. The monoisotopic (exact) mass is 343 g/mol. The molecule has 0 aliphatic heterocycles. The molecule has 0 fully saturated rings. The lowest BCUT2D eigenvalue weighted by atomic mass is 10.1. The van der Waals surface area contributed by atoms with Crippen molar-refractivity contribution < 1.29 is 18.7 Å². The normalized spacial score (nSPS) is 10.7. The Labute approximate surface area is 147 Å². The molecule has 0 spiro atoms. The summed E-state index contributed by atoms with van der Waals surface area (Å²) in [5.74, 6) is 0.850. The molecule has 0 unspecified atom stereocenters. The molecule has 0 radical (unpaired) electrons. The minimum Gasteiger partial charge on any atom is -0.493 e. The number of carbonyl (C=O) groups excluding carboxylic acids is 1. The Hall–Kier alpha value is -2.82. The maximum absolute atomic E-state index is 12.8. The first kappa shape index (κ1) is 18.5. The lowest BCUT2D eigenvalue weighted by Gasteiger charge is -2.09. The average Bonchev–Trinajstić information content (AvgIpc) is 2.62. The second-order valence-electron chi connectivity index (χ2n) is 5.34. The van der Waals surface area contributed by atoms with Gasteiger partial charge in [0.15, 0.2) is 11.5 Å². The van der Waals surface area contributed by atoms with Crippen LogP contribution >= 0.6 is 0 Å². The van der Waals surface area contributed by atoms with Crippen LogP contribution in [0.15, 0.2) is 48.5 Å². The van der Waals surface area contributed by atoms with Crippen LogP contribution in [0.4, 0.5) is 4.39 Å². The first-order valence-electron chi connectivity index (χ1n) is 8.13. The van der Waals surface area contributed by atoms with Crippen molar-refractivity contribution in [3.05, 3.63) is 65.5 Å². The van der Waals surface area contributed by atoms with E-state index in [-0.39, 0.29) is 11.7 Å². The van der Waals surface area contributed by atoms with Gasteiger partial charge in [0.1, 0.15) is 5.82 Å². The number of halogens is 1. The Bertz CT molecular complexity index is 726. The van der Waals surface area contributed by atoms with E-state index in [9.17, 15) is 9.18 Å². The first-order chi connectivity index (χ1) is 12.1. The van der Waals surface area contributed by atoms with Crippen LogP contribution in [0.1, 0.15) is 18.1 Å². The number of rotatable bonds is 8.